The highest BCUT2D eigenvalue weighted by Gasteiger charge is 2.43. The van der Waals surface area contributed by atoms with Gasteiger partial charge in [0.2, 0.25) is 11.8 Å². The van der Waals surface area contributed by atoms with Crippen LogP contribution in [-0.2, 0) is 28.4 Å². The SMILES string of the molecule is COC(=O)c1ccc(-c2cnc(OC)c(-c3cnc(-n4ccnc4)nc3CN3C(=O)O[C@H](c4cc(C(F)(F)F)cc(C(F)(F)F)c4)[C@@H]3C)c2)c(C)c1. The minimum Gasteiger partial charge on any atom is -0.481 e. The largest absolute Gasteiger partial charge is 0.481 e. The molecule has 52 heavy (non-hydrogen) atoms. The molecule has 270 valence electrons. The average molecular weight is 727 g/mol. The van der Waals surface area contributed by atoms with E-state index in [1.807, 2.05) is 0 Å². The molecule has 1 saturated heterocycles. The number of imidazole rings is 1. The summed E-state index contributed by atoms with van der Waals surface area (Å²) in [5, 5.41) is 0. The molecule has 0 radical (unpaired) electrons. The van der Waals surface area contributed by atoms with Crippen LogP contribution in [0, 0.1) is 6.92 Å². The van der Waals surface area contributed by atoms with Crippen molar-refractivity contribution in [2.24, 2.45) is 0 Å². The number of pyridine rings is 1. The summed E-state index contributed by atoms with van der Waals surface area (Å²) in [5.41, 5.74) is -0.148. The lowest BCUT2D eigenvalue weighted by Crippen LogP contribution is -2.32. The molecule has 0 unspecified atom stereocenters. The lowest BCUT2D eigenvalue weighted by Gasteiger charge is -2.23. The quantitative estimate of drug-likeness (QED) is 0.117. The van der Waals surface area contributed by atoms with Gasteiger partial charge >= 0.3 is 24.4 Å². The van der Waals surface area contributed by atoms with Crippen LogP contribution >= 0.6 is 0 Å². The van der Waals surface area contributed by atoms with Crippen molar-refractivity contribution in [3.05, 3.63) is 107 Å². The number of amides is 1. The van der Waals surface area contributed by atoms with E-state index < -0.39 is 53.3 Å². The van der Waals surface area contributed by atoms with E-state index in [1.165, 1.54) is 44.4 Å². The number of methoxy groups -OCH3 is 2. The average Bonchev–Trinajstić information content (AvgIpc) is 3.75. The molecule has 3 aromatic heterocycles. The molecule has 1 amide bonds. The molecular formula is C35H28F6N6O5. The molecule has 2 aromatic carbocycles. The van der Waals surface area contributed by atoms with E-state index in [-0.39, 0.29) is 30.1 Å². The number of hydrogen-bond acceptors (Lipinski definition) is 9. The molecule has 0 spiro atoms. The number of carbonyl (C=O) groups is 2. The third-order valence-corrected chi connectivity index (χ3v) is 8.53. The Labute approximate surface area is 291 Å². The lowest BCUT2D eigenvalue weighted by molar-refractivity contribution is -0.143. The number of nitrogens with zero attached hydrogens (tertiary/aromatic N) is 6. The van der Waals surface area contributed by atoms with Crippen LogP contribution in [0.25, 0.3) is 28.2 Å². The molecule has 0 bridgehead atoms. The second-order valence-electron chi connectivity index (χ2n) is 11.8. The van der Waals surface area contributed by atoms with Gasteiger partial charge in [-0.15, -0.1) is 0 Å². The van der Waals surface area contributed by atoms with Crippen molar-refractivity contribution in [1.29, 1.82) is 0 Å². The van der Waals surface area contributed by atoms with Crippen LogP contribution in [0.2, 0.25) is 0 Å². The van der Waals surface area contributed by atoms with Crippen molar-refractivity contribution < 1.29 is 50.1 Å². The first-order valence-electron chi connectivity index (χ1n) is 15.4. The molecule has 4 heterocycles. The molecule has 0 aliphatic carbocycles. The van der Waals surface area contributed by atoms with Gasteiger partial charge in [0.15, 0.2) is 0 Å². The summed E-state index contributed by atoms with van der Waals surface area (Å²) in [6, 6.07) is 6.81. The minimum atomic E-state index is -5.09. The Morgan fingerprint density at radius 3 is 2.23 bits per heavy atom. The molecule has 0 saturated carbocycles. The van der Waals surface area contributed by atoms with Crippen LogP contribution in [-0.4, -0.2) is 61.7 Å². The Hall–Kier alpha value is -6.00. The Morgan fingerprint density at radius 1 is 0.923 bits per heavy atom. The van der Waals surface area contributed by atoms with E-state index in [1.54, 1.807) is 43.6 Å². The van der Waals surface area contributed by atoms with Gasteiger partial charge in [-0.3, -0.25) is 9.47 Å². The molecule has 1 aliphatic heterocycles. The maximum Gasteiger partial charge on any atom is 0.416 e. The third kappa shape index (κ3) is 6.97. The number of alkyl halides is 6. The summed E-state index contributed by atoms with van der Waals surface area (Å²) in [4.78, 5) is 44.2. The molecule has 5 aromatic rings. The van der Waals surface area contributed by atoms with Crippen molar-refractivity contribution in [2.75, 3.05) is 14.2 Å². The summed E-state index contributed by atoms with van der Waals surface area (Å²) in [6.07, 6.45) is -5.10. The van der Waals surface area contributed by atoms with E-state index in [2.05, 4.69) is 19.9 Å². The molecule has 6 rings (SSSR count). The van der Waals surface area contributed by atoms with Crippen LogP contribution in [0.1, 0.15) is 51.3 Å². The van der Waals surface area contributed by atoms with E-state index >= 15 is 0 Å². The number of cyclic esters (lactones) is 1. The summed E-state index contributed by atoms with van der Waals surface area (Å²) >= 11 is 0. The lowest BCUT2D eigenvalue weighted by atomic mass is 9.96. The van der Waals surface area contributed by atoms with Crippen molar-refractivity contribution in [2.45, 2.75) is 44.9 Å². The van der Waals surface area contributed by atoms with Crippen LogP contribution in [0.4, 0.5) is 31.1 Å². The van der Waals surface area contributed by atoms with E-state index in [0.29, 0.717) is 34.4 Å². The van der Waals surface area contributed by atoms with E-state index in [9.17, 15) is 35.9 Å². The Morgan fingerprint density at radius 2 is 1.63 bits per heavy atom. The number of aromatic nitrogens is 5. The predicted octanol–water partition coefficient (Wildman–Crippen LogP) is 7.61. The Bertz CT molecular complexity index is 2120. The maximum absolute atomic E-state index is 13.7. The van der Waals surface area contributed by atoms with Gasteiger partial charge in [-0.25, -0.2) is 29.5 Å². The second-order valence-corrected chi connectivity index (χ2v) is 11.8. The first kappa shape index (κ1) is 35.8. The zero-order valence-electron chi connectivity index (χ0n) is 27.8. The fourth-order valence-corrected chi connectivity index (χ4v) is 5.91. The minimum absolute atomic E-state index is 0.0119. The summed E-state index contributed by atoms with van der Waals surface area (Å²) in [5.74, 6) is -0.196. The number of ether oxygens (including phenoxy) is 3. The second kappa shape index (κ2) is 13.6. The van der Waals surface area contributed by atoms with Crippen LogP contribution in [0.5, 0.6) is 5.88 Å². The van der Waals surface area contributed by atoms with Crippen LogP contribution < -0.4 is 4.74 Å². The molecule has 11 nitrogen and oxygen atoms in total. The normalized spacial score (nSPS) is 16.2. The zero-order valence-corrected chi connectivity index (χ0v) is 27.8. The molecule has 1 fully saturated rings. The van der Waals surface area contributed by atoms with Crippen molar-refractivity contribution in [3.8, 4) is 34.1 Å². The van der Waals surface area contributed by atoms with E-state index in [0.717, 1.165) is 16.0 Å². The monoisotopic (exact) mass is 726 g/mol. The van der Waals surface area contributed by atoms with Gasteiger partial charge in [-0.2, -0.15) is 26.3 Å². The van der Waals surface area contributed by atoms with Crippen molar-refractivity contribution >= 4 is 12.1 Å². The first-order valence-corrected chi connectivity index (χ1v) is 15.4. The number of carbonyl (C=O) groups excluding carboxylic acids is 2. The maximum atomic E-state index is 13.7. The Balaban J connectivity index is 1.42. The van der Waals surface area contributed by atoms with Crippen molar-refractivity contribution in [3.63, 3.8) is 0 Å². The number of rotatable bonds is 8. The summed E-state index contributed by atoms with van der Waals surface area (Å²) < 4.78 is 99.3. The summed E-state index contributed by atoms with van der Waals surface area (Å²) in [6.45, 7) is 2.95. The van der Waals surface area contributed by atoms with Gasteiger partial charge < -0.3 is 14.2 Å². The van der Waals surface area contributed by atoms with Crippen LogP contribution in [0.3, 0.4) is 0 Å². The van der Waals surface area contributed by atoms with Gasteiger partial charge in [0.05, 0.1) is 49.2 Å². The van der Waals surface area contributed by atoms with Gasteiger partial charge in [0, 0.05) is 41.5 Å². The number of halogens is 6. The molecule has 17 heteroatoms. The first-order chi connectivity index (χ1) is 24.6. The smallest absolute Gasteiger partial charge is 0.416 e. The van der Waals surface area contributed by atoms with Gasteiger partial charge in [-0.05, 0) is 66.9 Å². The van der Waals surface area contributed by atoms with E-state index in [4.69, 9.17) is 14.2 Å². The highest BCUT2D eigenvalue weighted by atomic mass is 19.4. The van der Waals surface area contributed by atoms with Gasteiger partial charge in [0.25, 0.3) is 0 Å². The molecular weight excluding hydrogens is 698 g/mol. The van der Waals surface area contributed by atoms with Crippen molar-refractivity contribution in [1.82, 2.24) is 29.4 Å². The Kier molecular flexibility index (Phi) is 9.38. The number of aryl methyl sites for hydroxylation is 1. The fourth-order valence-electron chi connectivity index (χ4n) is 5.91. The number of hydrogen-bond donors (Lipinski definition) is 0. The highest BCUT2D eigenvalue weighted by molar-refractivity contribution is 5.90. The highest BCUT2D eigenvalue weighted by Crippen LogP contribution is 2.42. The van der Waals surface area contributed by atoms with Gasteiger partial charge in [-0.1, -0.05) is 6.07 Å². The number of esters is 1. The predicted molar refractivity (Wildman–Crippen MR) is 171 cm³/mol. The molecule has 2 atom stereocenters. The summed E-state index contributed by atoms with van der Waals surface area (Å²) in [7, 11) is 2.68. The topological polar surface area (TPSA) is 122 Å². The molecule has 0 N–H and O–H groups in total. The fraction of sp³-hybridized carbons (Fsp3) is 0.257. The van der Waals surface area contributed by atoms with Crippen LogP contribution in [0.15, 0.2) is 73.6 Å². The third-order valence-electron chi connectivity index (χ3n) is 8.53. The standard InChI is InChI=1S/C35H28F6N6O5/c1-18-9-20(31(48)51-4)5-6-25(18)22-12-26(30(50-3)43-14-22)27-15-44-32(46-8-7-42-17-46)45-28(27)16-47-19(2)29(52-33(47)49)21-10-23(34(36,37)38)13-24(11-21)35(39,40)41/h5-15,17,19,29H,16H2,1-4H3/t19-,29-/m0/s1. The number of benzene rings is 2. The molecule has 1 aliphatic rings. The zero-order chi connectivity index (χ0) is 37.5. The van der Waals surface area contributed by atoms with Gasteiger partial charge in [0.1, 0.15) is 12.4 Å².